The van der Waals surface area contributed by atoms with Crippen LogP contribution in [-0.2, 0) is 6.54 Å². The molecule has 0 aromatic heterocycles. The quantitative estimate of drug-likeness (QED) is 0.832. The van der Waals surface area contributed by atoms with Gasteiger partial charge in [-0.25, -0.2) is 8.78 Å². The topological polar surface area (TPSA) is 50.4 Å². The highest BCUT2D eigenvalue weighted by atomic mass is 19.1. The Morgan fingerprint density at radius 1 is 1.14 bits per heavy atom. The van der Waals surface area contributed by atoms with Crippen molar-refractivity contribution < 1.29 is 8.78 Å². The Morgan fingerprint density at radius 2 is 1.86 bits per heavy atom. The van der Waals surface area contributed by atoms with Crippen LogP contribution >= 0.6 is 0 Å². The number of benzene rings is 2. The van der Waals surface area contributed by atoms with E-state index in [-0.39, 0.29) is 11.6 Å². The predicted octanol–water partition coefficient (Wildman–Crippen LogP) is 3.39. The second-order valence-corrected chi connectivity index (χ2v) is 4.74. The van der Waals surface area contributed by atoms with Crippen molar-refractivity contribution in [3.63, 3.8) is 0 Å². The second-order valence-electron chi connectivity index (χ2n) is 4.74. The van der Waals surface area contributed by atoms with Crippen LogP contribution in [0.5, 0.6) is 0 Å². The van der Waals surface area contributed by atoms with Gasteiger partial charge in [-0.15, -0.1) is 0 Å². The van der Waals surface area contributed by atoms with Crippen LogP contribution < -0.4 is 11.1 Å². The lowest BCUT2D eigenvalue weighted by Crippen LogP contribution is -2.06. The van der Waals surface area contributed by atoms with Crippen molar-refractivity contribution in [1.29, 1.82) is 0 Å². The summed E-state index contributed by atoms with van der Waals surface area (Å²) in [5.74, 6) is -0.660. The molecule has 3 N–H and O–H groups in total. The van der Waals surface area contributed by atoms with E-state index < -0.39 is 0 Å². The molecule has 2 aromatic rings. The average molecular weight is 301 g/mol. The summed E-state index contributed by atoms with van der Waals surface area (Å²) < 4.78 is 26.5. The van der Waals surface area contributed by atoms with Gasteiger partial charge < -0.3 is 11.1 Å². The predicted molar refractivity (Wildman–Crippen MR) is 85.9 cm³/mol. The lowest BCUT2D eigenvalue weighted by atomic mass is 10.0. The Labute approximate surface area is 128 Å². The molecule has 5 heteroatoms. The van der Waals surface area contributed by atoms with E-state index in [1.54, 1.807) is 19.2 Å². The van der Waals surface area contributed by atoms with Gasteiger partial charge in [-0.1, -0.05) is 0 Å². The van der Waals surface area contributed by atoms with E-state index in [0.29, 0.717) is 23.4 Å². The molecule has 2 rings (SSSR count). The van der Waals surface area contributed by atoms with Gasteiger partial charge in [-0.05, 0) is 60.6 Å². The van der Waals surface area contributed by atoms with Crippen molar-refractivity contribution >= 4 is 17.5 Å². The standard InChI is InChI=1S/C17H17F2N3/c1-21-10-12-6-13(8-16(19)7-12)14(9-20)11-22-17-4-2-15(18)3-5-17/h2-9,11,21H,10,20H2,1H3. The van der Waals surface area contributed by atoms with Gasteiger partial charge in [0.25, 0.3) is 0 Å². The molecule has 0 saturated carbocycles. The normalized spacial score (nSPS) is 12.0. The van der Waals surface area contributed by atoms with Gasteiger partial charge in [-0.3, -0.25) is 4.99 Å². The van der Waals surface area contributed by atoms with Gasteiger partial charge in [0, 0.05) is 24.5 Å². The van der Waals surface area contributed by atoms with Gasteiger partial charge in [0.15, 0.2) is 0 Å². The average Bonchev–Trinajstić information content (AvgIpc) is 2.49. The Kier molecular flexibility index (Phi) is 5.38. The minimum Gasteiger partial charge on any atom is -0.404 e. The minimum atomic E-state index is -0.336. The highest BCUT2D eigenvalue weighted by molar-refractivity contribution is 6.10. The number of rotatable bonds is 5. The summed E-state index contributed by atoms with van der Waals surface area (Å²) >= 11 is 0. The summed E-state index contributed by atoms with van der Waals surface area (Å²) in [6.07, 6.45) is 2.90. The fourth-order valence-corrected chi connectivity index (χ4v) is 2.01. The van der Waals surface area contributed by atoms with Crippen molar-refractivity contribution in [3.8, 4) is 0 Å². The van der Waals surface area contributed by atoms with E-state index in [0.717, 1.165) is 5.56 Å². The summed E-state index contributed by atoms with van der Waals surface area (Å²) in [6, 6.07) is 10.5. The van der Waals surface area contributed by atoms with Crippen LogP contribution in [0.3, 0.4) is 0 Å². The monoisotopic (exact) mass is 301 g/mol. The Balaban J connectivity index is 2.26. The van der Waals surface area contributed by atoms with Crippen LogP contribution in [0.2, 0.25) is 0 Å². The molecule has 0 fully saturated rings. The number of hydrogen-bond donors (Lipinski definition) is 2. The van der Waals surface area contributed by atoms with Gasteiger partial charge in [-0.2, -0.15) is 0 Å². The number of allylic oxidation sites excluding steroid dienone is 1. The SMILES string of the molecule is CNCc1cc(F)cc(C(C=Nc2ccc(F)cc2)=CN)c1. The fraction of sp³-hybridized carbons (Fsp3) is 0.118. The van der Waals surface area contributed by atoms with E-state index in [4.69, 9.17) is 5.73 Å². The van der Waals surface area contributed by atoms with Crippen LogP contribution in [0, 0.1) is 11.6 Å². The van der Waals surface area contributed by atoms with Crippen molar-refractivity contribution in [2.75, 3.05) is 7.05 Å². The summed E-state index contributed by atoms with van der Waals surface area (Å²) in [7, 11) is 1.79. The van der Waals surface area contributed by atoms with Gasteiger partial charge in [0.05, 0.1) is 5.69 Å². The zero-order valence-corrected chi connectivity index (χ0v) is 12.2. The molecule has 0 saturated heterocycles. The first kappa shape index (κ1) is 15.9. The molecule has 0 radical (unpaired) electrons. The van der Waals surface area contributed by atoms with Crippen LogP contribution in [0.4, 0.5) is 14.5 Å². The van der Waals surface area contributed by atoms with Gasteiger partial charge in [0.1, 0.15) is 11.6 Å². The van der Waals surface area contributed by atoms with E-state index in [1.165, 1.54) is 36.7 Å². The fourth-order valence-electron chi connectivity index (χ4n) is 2.01. The molecule has 0 atom stereocenters. The molecule has 3 nitrogen and oxygen atoms in total. The Bertz CT molecular complexity index is 692. The smallest absolute Gasteiger partial charge is 0.124 e. The zero-order valence-electron chi connectivity index (χ0n) is 12.2. The number of nitrogens with two attached hydrogens (primary N) is 1. The number of nitrogens with zero attached hydrogens (tertiary/aromatic N) is 1. The van der Waals surface area contributed by atoms with Crippen molar-refractivity contribution in [2.45, 2.75) is 6.54 Å². The third kappa shape index (κ3) is 4.23. The second kappa shape index (κ2) is 7.47. The number of nitrogens with one attached hydrogen (secondary N) is 1. The number of halogens is 2. The Hall–Kier alpha value is -2.53. The maximum Gasteiger partial charge on any atom is 0.124 e. The zero-order chi connectivity index (χ0) is 15.9. The van der Waals surface area contributed by atoms with E-state index >= 15 is 0 Å². The summed E-state index contributed by atoms with van der Waals surface area (Å²) in [4.78, 5) is 4.22. The molecule has 0 heterocycles. The van der Waals surface area contributed by atoms with Crippen LogP contribution in [-0.4, -0.2) is 13.3 Å². The summed E-state index contributed by atoms with van der Waals surface area (Å²) in [6.45, 7) is 0.553. The van der Waals surface area contributed by atoms with Crippen LogP contribution in [0.1, 0.15) is 11.1 Å². The maximum absolute atomic E-state index is 13.7. The largest absolute Gasteiger partial charge is 0.404 e. The molecule has 0 aliphatic rings. The molecular weight excluding hydrogens is 284 g/mol. The van der Waals surface area contributed by atoms with Gasteiger partial charge in [0.2, 0.25) is 0 Å². The van der Waals surface area contributed by atoms with Crippen molar-refractivity contribution in [2.24, 2.45) is 10.7 Å². The minimum absolute atomic E-state index is 0.324. The first-order valence-electron chi connectivity index (χ1n) is 6.78. The number of aliphatic imine (C=N–C) groups is 1. The third-order valence-electron chi connectivity index (χ3n) is 3.03. The molecule has 0 aliphatic heterocycles. The molecule has 22 heavy (non-hydrogen) atoms. The third-order valence-corrected chi connectivity index (χ3v) is 3.03. The molecule has 0 unspecified atom stereocenters. The maximum atomic E-state index is 13.7. The lowest BCUT2D eigenvalue weighted by Gasteiger charge is -2.06. The van der Waals surface area contributed by atoms with E-state index in [1.807, 2.05) is 6.07 Å². The molecule has 0 bridgehead atoms. The lowest BCUT2D eigenvalue weighted by molar-refractivity contribution is 0.623. The highest BCUT2D eigenvalue weighted by Gasteiger charge is 2.04. The van der Waals surface area contributed by atoms with E-state index in [2.05, 4.69) is 10.3 Å². The number of hydrogen-bond acceptors (Lipinski definition) is 3. The Morgan fingerprint density at radius 3 is 2.50 bits per heavy atom. The molecular formula is C17H17F2N3. The summed E-state index contributed by atoms with van der Waals surface area (Å²) in [5, 5.41) is 2.97. The van der Waals surface area contributed by atoms with Crippen molar-refractivity contribution in [3.05, 3.63) is 71.4 Å². The van der Waals surface area contributed by atoms with E-state index in [9.17, 15) is 8.78 Å². The summed E-state index contributed by atoms with van der Waals surface area (Å²) in [5.41, 5.74) is 8.24. The van der Waals surface area contributed by atoms with Crippen LogP contribution in [0.15, 0.2) is 53.7 Å². The molecule has 0 amide bonds. The molecule has 2 aromatic carbocycles. The highest BCUT2D eigenvalue weighted by Crippen LogP contribution is 2.18. The van der Waals surface area contributed by atoms with Gasteiger partial charge >= 0.3 is 0 Å². The molecule has 114 valence electrons. The van der Waals surface area contributed by atoms with Crippen LogP contribution in [0.25, 0.3) is 5.57 Å². The van der Waals surface area contributed by atoms with Crippen molar-refractivity contribution in [1.82, 2.24) is 5.32 Å². The first-order chi connectivity index (χ1) is 10.6. The first-order valence-corrected chi connectivity index (χ1v) is 6.78. The molecule has 0 spiro atoms. The molecule has 0 aliphatic carbocycles.